The van der Waals surface area contributed by atoms with Gasteiger partial charge in [-0.1, -0.05) is 20.8 Å². The van der Waals surface area contributed by atoms with Gasteiger partial charge >= 0.3 is 0 Å². The average molecular weight is 232 g/mol. The smallest absolute Gasteiger partial charge is 0.268 e. The molecule has 1 spiro atoms. The lowest BCUT2D eigenvalue weighted by atomic mass is 9.88. The Hall–Kier alpha value is -1.58. The number of amides is 1. The number of hydrogen-bond acceptors (Lipinski definition) is 3. The fourth-order valence-corrected chi connectivity index (χ4v) is 1.94. The maximum Gasteiger partial charge on any atom is 0.268 e. The molecule has 1 aliphatic heterocycles. The van der Waals surface area contributed by atoms with Crippen LogP contribution in [0.3, 0.4) is 0 Å². The number of pyridine rings is 1. The summed E-state index contributed by atoms with van der Waals surface area (Å²) in [4.78, 5) is 16.2. The molecule has 1 fully saturated rings. The van der Waals surface area contributed by atoms with Crippen molar-refractivity contribution in [2.75, 3.05) is 5.32 Å². The van der Waals surface area contributed by atoms with Gasteiger partial charge in [-0.15, -0.1) is 0 Å². The minimum atomic E-state index is -0.608. The van der Waals surface area contributed by atoms with Gasteiger partial charge in [-0.3, -0.25) is 4.79 Å². The van der Waals surface area contributed by atoms with Gasteiger partial charge in [-0.2, -0.15) is 0 Å². The summed E-state index contributed by atoms with van der Waals surface area (Å²) >= 11 is 0. The molecule has 17 heavy (non-hydrogen) atoms. The number of nitrogens with one attached hydrogen (secondary N) is 1. The lowest BCUT2D eigenvalue weighted by Gasteiger charge is -2.27. The van der Waals surface area contributed by atoms with Crippen molar-refractivity contribution >= 4 is 11.6 Å². The zero-order valence-corrected chi connectivity index (χ0v) is 10.3. The molecule has 0 aromatic carbocycles. The summed E-state index contributed by atoms with van der Waals surface area (Å²) in [6.07, 6.45) is 3.41. The van der Waals surface area contributed by atoms with Crippen molar-refractivity contribution in [2.45, 2.75) is 44.6 Å². The van der Waals surface area contributed by atoms with E-state index >= 15 is 0 Å². The highest BCUT2D eigenvalue weighted by molar-refractivity contribution is 6.02. The van der Waals surface area contributed by atoms with Gasteiger partial charge in [0.05, 0.1) is 0 Å². The fourth-order valence-electron chi connectivity index (χ4n) is 1.94. The van der Waals surface area contributed by atoms with Crippen molar-refractivity contribution in [2.24, 2.45) is 0 Å². The third-order valence-corrected chi connectivity index (χ3v) is 3.38. The molecule has 2 aliphatic rings. The summed E-state index contributed by atoms with van der Waals surface area (Å²) in [7, 11) is 0. The van der Waals surface area contributed by atoms with Crippen LogP contribution < -0.4 is 10.1 Å². The first kappa shape index (κ1) is 10.6. The molecule has 0 unspecified atom stereocenters. The maximum absolute atomic E-state index is 11.8. The van der Waals surface area contributed by atoms with Crippen LogP contribution in [0.2, 0.25) is 0 Å². The van der Waals surface area contributed by atoms with E-state index in [9.17, 15) is 4.79 Å². The Balaban J connectivity index is 2.00. The Bertz CT molecular complexity index is 499. The van der Waals surface area contributed by atoms with Crippen LogP contribution in [0.1, 0.15) is 39.2 Å². The van der Waals surface area contributed by atoms with E-state index in [1.807, 2.05) is 12.3 Å². The maximum atomic E-state index is 11.8. The number of ether oxygens (including phenoxy) is 1. The van der Waals surface area contributed by atoms with Crippen molar-refractivity contribution in [3.8, 4) is 5.88 Å². The number of carbonyl (C=O) groups excluding carboxylic acids is 1. The van der Waals surface area contributed by atoms with Crippen molar-refractivity contribution in [1.29, 1.82) is 0 Å². The average Bonchev–Trinajstić information content (AvgIpc) is 2.99. The number of anilines is 1. The van der Waals surface area contributed by atoms with E-state index in [4.69, 9.17) is 4.74 Å². The predicted molar refractivity (Wildman–Crippen MR) is 64.2 cm³/mol. The number of hydrogen-bond donors (Lipinski definition) is 1. The van der Waals surface area contributed by atoms with E-state index in [2.05, 4.69) is 31.1 Å². The van der Waals surface area contributed by atoms with Gasteiger partial charge in [0.25, 0.3) is 5.91 Å². The van der Waals surface area contributed by atoms with Crippen LogP contribution in [0, 0.1) is 0 Å². The Morgan fingerprint density at radius 1 is 1.41 bits per heavy atom. The predicted octanol–water partition coefficient (Wildman–Crippen LogP) is 2.24. The SMILES string of the molecule is CC(C)(C)c1cnc2c(c1)NC(=O)C1(CC1)O2. The van der Waals surface area contributed by atoms with Crippen molar-refractivity contribution < 1.29 is 9.53 Å². The molecule has 1 amide bonds. The van der Waals surface area contributed by atoms with E-state index in [1.54, 1.807) is 0 Å². The van der Waals surface area contributed by atoms with Gasteiger partial charge < -0.3 is 10.1 Å². The topological polar surface area (TPSA) is 51.2 Å². The molecule has 2 heterocycles. The standard InChI is InChI=1S/C13H16N2O2/c1-12(2,3)8-6-9-10(14-7-8)17-13(4-5-13)11(16)15-9/h6-7H,4-5H2,1-3H3,(H,15,16). The zero-order valence-electron chi connectivity index (χ0n) is 10.3. The molecular weight excluding hydrogens is 216 g/mol. The van der Waals surface area contributed by atoms with Gasteiger partial charge in [0.2, 0.25) is 5.88 Å². The molecule has 0 saturated heterocycles. The number of rotatable bonds is 0. The molecule has 0 bridgehead atoms. The molecule has 4 nitrogen and oxygen atoms in total. The van der Waals surface area contributed by atoms with E-state index in [0.717, 1.165) is 18.4 Å². The quantitative estimate of drug-likeness (QED) is 0.746. The highest BCUT2D eigenvalue weighted by Gasteiger charge is 2.55. The Morgan fingerprint density at radius 2 is 2.12 bits per heavy atom. The second kappa shape index (κ2) is 3.00. The molecule has 90 valence electrons. The number of carbonyl (C=O) groups is 1. The summed E-state index contributed by atoms with van der Waals surface area (Å²) in [6.45, 7) is 6.35. The highest BCUT2D eigenvalue weighted by Crippen LogP contribution is 2.46. The third kappa shape index (κ3) is 1.59. The lowest BCUT2D eigenvalue weighted by Crippen LogP contribution is -2.39. The van der Waals surface area contributed by atoms with Crippen LogP contribution in [0.15, 0.2) is 12.3 Å². The molecule has 0 radical (unpaired) electrons. The van der Waals surface area contributed by atoms with Gasteiger partial charge in [0.1, 0.15) is 5.69 Å². The minimum absolute atomic E-state index is 0.0153. The van der Waals surface area contributed by atoms with Crippen LogP contribution in [-0.4, -0.2) is 16.5 Å². The van der Waals surface area contributed by atoms with Crippen LogP contribution in [0.25, 0.3) is 0 Å². The molecule has 1 N–H and O–H groups in total. The fraction of sp³-hybridized carbons (Fsp3) is 0.538. The van der Waals surface area contributed by atoms with Crippen LogP contribution >= 0.6 is 0 Å². The molecule has 0 atom stereocenters. The van der Waals surface area contributed by atoms with Crippen molar-refractivity contribution in [3.63, 3.8) is 0 Å². The summed E-state index contributed by atoms with van der Waals surface area (Å²) in [5.41, 5.74) is 1.19. The summed E-state index contributed by atoms with van der Waals surface area (Å²) in [6, 6.07) is 1.95. The van der Waals surface area contributed by atoms with E-state index in [-0.39, 0.29) is 11.3 Å². The Morgan fingerprint density at radius 3 is 2.71 bits per heavy atom. The van der Waals surface area contributed by atoms with Gasteiger partial charge in [0.15, 0.2) is 5.60 Å². The third-order valence-electron chi connectivity index (χ3n) is 3.38. The van der Waals surface area contributed by atoms with Gasteiger partial charge in [0, 0.05) is 19.0 Å². The summed E-state index contributed by atoms with van der Waals surface area (Å²) in [5.74, 6) is 0.521. The molecule has 1 aromatic heterocycles. The molecule has 1 saturated carbocycles. The van der Waals surface area contributed by atoms with Crippen molar-refractivity contribution in [1.82, 2.24) is 4.98 Å². The van der Waals surface area contributed by atoms with Crippen LogP contribution in [-0.2, 0) is 10.2 Å². The zero-order chi connectivity index (χ0) is 12.3. The molecular formula is C13H16N2O2. The number of aromatic nitrogens is 1. The second-order valence-electron chi connectivity index (χ2n) is 5.88. The second-order valence-corrected chi connectivity index (χ2v) is 5.88. The Labute approximate surface area is 100 Å². The Kier molecular flexibility index (Phi) is 1.86. The van der Waals surface area contributed by atoms with E-state index in [0.29, 0.717) is 11.6 Å². The first-order valence-electron chi connectivity index (χ1n) is 5.92. The normalized spacial score (nSPS) is 20.5. The molecule has 1 aromatic rings. The number of fused-ring (bicyclic) bond motifs is 1. The van der Waals surface area contributed by atoms with E-state index < -0.39 is 5.60 Å². The van der Waals surface area contributed by atoms with Gasteiger partial charge in [-0.25, -0.2) is 4.98 Å². The highest BCUT2D eigenvalue weighted by atomic mass is 16.5. The first-order chi connectivity index (χ1) is 7.91. The molecule has 1 aliphatic carbocycles. The van der Waals surface area contributed by atoms with Gasteiger partial charge in [-0.05, 0) is 17.0 Å². The minimum Gasteiger partial charge on any atom is -0.459 e. The lowest BCUT2D eigenvalue weighted by molar-refractivity contribution is -0.125. The van der Waals surface area contributed by atoms with Crippen LogP contribution in [0.4, 0.5) is 5.69 Å². The monoisotopic (exact) mass is 232 g/mol. The molecule has 3 rings (SSSR count). The summed E-state index contributed by atoms with van der Waals surface area (Å²) in [5, 5.41) is 2.90. The first-order valence-corrected chi connectivity index (χ1v) is 5.92. The van der Waals surface area contributed by atoms with E-state index in [1.165, 1.54) is 0 Å². The largest absolute Gasteiger partial charge is 0.459 e. The summed E-state index contributed by atoms with van der Waals surface area (Å²) < 4.78 is 5.69. The number of nitrogens with zero attached hydrogens (tertiary/aromatic N) is 1. The van der Waals surface area contributed by atoms with Crippen LogP contribution in [0.5, 0.6) is 5.88 Å². The molecule has 4 heteroatoms. The van der Waals surface area contributed by atoms with Crippen molar-refractivity contribution in [3.05, 3.63) is 17.8 Å².